The molecule has 0 radical (unpaired) electrons. The Hall–Kier alpha value is -3.64. The van der Waals surface area contributed by atoms with Crippen molar-refractivity contribution in [2.75, 3.05) is 55.7 Å². The average molecular weight is 483 g/mol. The number of halogens is 2. The van der Waals surface area contributed by atoms with E-state index in [1.165, 1.54) is 9.80 Å². The van der Waals surface area contributed by atoms with E-state index in [4.69, 9.17) is 9.47 Å². The summed E-state index contributed by atoms with van der Waals surface area (Å²) >= 11 is 0. The van der Waals surface area contributed by atoms with Crippen LogP contribution in [-0.2, 0) is 19.1 Å². The number of hydrogen-bond acceptors (Lipinski definition) is 7. The maximum absolute atomic E-state index is 14.9. The van der Waals surface area contributed by atoms with Crippen LogP contribution in [0.1, 0.15) is 13.8 Å². The molecule has 4 amide bonds. The summed E-state index contributed by atoms with van der Waals surface area (Å²) in [4.78, 5) is 50.5. The van der Waals surface area contributed by atoms with E-state index < -0.39 is 36.0 Å². The van der Waals surface area contributed by atoms with E-state index in [9.17, 15) is 28.0 Å². The predicted octanol–water partition coefficient (Wildman–Crippen LogP) is 0.819. The molecule has 3 rings (SSSR count). The first kappa shape index (κ1) is 25.0. The van der Waals surface area contributed by atoms with Gasteiger partial charge in [-0.3, -0.25) is 14.5 Å². The van der Waals surface area contributed by atoms with Gasteiger partial charge in [0.05, 0.1) is 25.4 Å². The van der Waals surface area contributed by atoms with E-state index in [0.29, 0.717) is 6.41 Å². The molecular formula is C21H27F2N5O6. The van der Waals surface area contributed by atoms with Crippen LogP contribution in [0.5, 0.6) is 0 Å². The number of cyclic esters (lactones) is 1. The molecule has 0 saturated carbocycles. The van der Waals surface area contributed by atoms with E-state index in [2.05, 4.69) is 10.6 Å². The minimum absolute atomic E-state index is 0.00272. The van der Waals surface area contributed by atoms with Gasteiger partial charge in [0.2, 0.25) is 12.3 Å². The van der Waals surface area contributed by atoms with Crippen molar-refractivity contribution in [2.24, 2.45) is 0 Å². The summed E-state index contributed by atoms with van der Waals surface area (Å²) in [6.45, 7) is 4.25. The fourth-order valence-electron chi connectivity index (χ4n) is 3.83. The monoisotopic (exact) mass is 483 g/mol. The van der Waals surface area contributed by atoms with Gasteiger partial charge in [0.15, 0.2) is 11.6 Å². The first-order valence-corrected chi connectivity index (χ1v) is 10.9. The topological polar surface area (TPSA) is 121 Å². The van der Waals surface area contributed by atoms with Crippen LogP contribution in [0, 0.1) is 11.6 Å². The molecule has 11 nitrogen and oxygen atoms in total. The Kier molecular flexibility index (Phi) is 8.08. The quantitative estimate of drug-likeness (QED) is 0.525. The van der Waals surface area contributed by atoms with Crippen molar-refractivity contribution in [3.05, 3.63) is 23.8 Å². The second-order valence-electron chi connectivity index (χ2n) is 7.79. The van der Waals surface area contributed by atoms with E-state index >= 15 is 0 Å². The average Bonchev–Trinajstić information content (AvgIpc) is 3.18. The molecule has 2 heterocycles. The Morgan fingerprint density at radius 1 is 1.24 bits per heavy atom. The first-order valence-electron chi connectivity index (χ1n) is 10.9. The van der Waals surface area contributed by atoms with Gasteiger partial charge < -0.3 is 29.9 Å². The van der Waals surface area contributed by atoms with Crippen molar-refractivity contribution in [1.82, 2.24) is 15.5 Å². The van der Waals surface area contributed by atoms with Gasteiger partial charge in [0.25, 0.3) is 0 Å². The largest absolute Gasteiger partial charge is 0.450 e. The maximum atomic E-state index is 14.9. The summed E-state index contributed by atoms with van der Waals surface area (Å²) in [7, 11) is 0. The lowest BCUT2D eigenvalue weighted by atomic mass is 10.2. The number of nitrogens with one attached hydrogen (secondary N) is 2. The molecule has 1 aromatic carbocycles. The number of nitrogens with zero attached hydrogens (tertiary/aromatic N) is 3. The Morgan fingerprint density at radius 3 is 2.47 bits per heavy atom. The van der Waals surface area contributed by atoms with Crippen LogP contribution in [0.25, 0.3) is 0 Å². The third kappa shape index (κ3) is 5.64. The molecule has 2 atom stereocenters. The zero-order chi connectivity index (χ0) is 24.8. The number of piperazine rings is 1. The molecule has 0 spiro atoms. The number of rotatable bonds is 8. The molecule has 2 N–H and O–H groups in total. The number of ether oxygens (including phenoxy) is 2. The van der Waals surface area contributed by atoms with Crippen molar-refractivity contribution in [3.63, 3.8) is 0 Å². The van der Waals surface area contributed by atoms with Crippen LogP contribution in [-0.4, -0.2) is 87.4 Å². The van der Waals surface area contributed by atoms with Crippen molar-refractivity contribution in [1.29, 1.82) is 0 Å². The van der Waals surface area contributed by atoms with Crippen molar-refractivity contribution < 1.29 is 37.4 Å². The molecule has 2 fully saturated rings. The summed E-state index contributed by atoms with van der Waals surface area (Å²) in [5.41, 5.74) is -0.257. The third-order valence-corrected chi connectivity index (χ3v) is 5.53. The fraction of sp³-hybridized carbons (Fsp3) is 0.524. The molecule has 0 aromatic heterocycles. The molecule has 2 aliphatic rings. The van der Waals surface area contributed by atoms with Gasteiger partial charge in [-0.05, 0) is 13.8 Å². The van der Waals surface area contributed by atoms with E-state index in [-0.39, 0.29) is 63.2 Å². The minimum atomic E-state index is -0.855. The predicted molar refractivity (Wildman–Crippen MR) is 116 cm³/mol. The Balaban J connectivity index is 1.63. The number of carbonyl (C=O) groups excluding carboxylic acids is 4. The number of anilines is 2. The Morgan fingerprint density at radius 2 is 1.88 bits per heavy atom. The lowest BCUT2D eigenvalue weighted by molar-refractivity contribution is -0.134. The molecule has 0 bridgehead atoms. The SMILES string of the molecule is CCOC(=O)NCC1CN(c2cc(F)c(N3CCN(C(=O)C(C)NC=O)CC3)c(F)c2)C(=O)O1. The van der Waals surface area contributed by atoms with Crippen LogP contribution < -0.4 is 20.4 Å². The standard InChI is InChI=1S/C21H27F2N5O6/c1-3-33-20(31)24-10-15-11-28(21(32)34-15)14-8-16(22)18(17(23)9-14)26-4-6-27(7-5-26)19(30)13(2)25-12-29/h8-9,12-13,15H,3-7,10-11H2,1-2H3,(H,24,31)(H,25,29). The highest BCUT2D eigenvalue weighted by Crippen LogP contribution is 2.31. The van der Waals surface area contributed by atoms with Crippen LogP contribution in [0.2, 0.25) is 0 Å². The zero-order valence-electron chi connectivity index (χ0n) is 18.9. The number of amides is 4. The van der Waals surface area contributed by atoms with E-state index in [0.717, 1.165) is 17.0 Å². The van der Waals surface area contributed by atoms with Gasteiger partial charge >= 0.3 is 12.2 Å². The summed E-state index contributed by atoms with van der Waals surface area (Å²) < 4.78 is 39.8. The van der Waals surface area contributed by atoms with Crippen molar-refractivity contribution in [2.45, 2.75) is 26.0 Å². The van der Waals surface area contributed by atoms with Gasteiger partial charge in [-0.2, -0.15) is 0 Å². The van der Waals surface area contributed by atoms with Crippen LogP contribution >= 0.6 is 0 Å². The highest BCUT2D eigenvalue weighted by Gasteiger charge is 2.34. The van der Waals surface area contributed by atoms with Gasteiger partial charge in [-0.1, -0.05) is 0 Å². The third-order valence-electron chi connectivity index (χ3n) is 5.53. The first-order chi connectivity index (χ1) is 16.2. The number of alkyl carbamates (subject to hydrolysis) is 1. The van der Waals surface area contributed by atoms with E-state index in [1.54, 1.807) is 13.8 Å². The zero-order valence-corrected chi connectivity index (χ0v) is 18.9. The number of hydrogen-bond donors (Lipinski definition) is 2. The molecule has 0 aliphatic carbocycles. The second-order valence-corrected chi connectivity index (χ2v) is 7.79. The molecular weight excluding hydrogens is 456 g/mol. The van der Waals surface area contributed by atoms with Crippen LogP contribution in [0.4, 0.5) is 29.7 Å². The lowest BCUT2D eigenvalue weighted by Gasteiger charge is -2.37. The highest BCUT2D eigenvalue weighted by atomic mass is 19.1. The molecule has 186 valence electrons. The maximum Gasteiger partial charge on any atom is 0.414 e. The number of benzene rings is 1. The lowest BCUT2D eigenvalue weighted by Crippen LogP contribution is -2.53. The fourth-order valence-corrected chi connectivity index (χ4v) is 3.83. The van der Waals surface area contributed by atoms with Gasteiger partial charge in [-0.25, -0.2) is 18.4 Å². The Labute approximate surface area is 194 Å². The summed E-state index contributed by atoms with van der Waals surface area (Å²) in [5.74, 6) is -1.99. The Bertz CT molecular complexity index is 917. The molecule has 13 heteroatoms. The summed E-state index contributed by atoms with van der Waals surface area (Å²) in [6, 6.07) is 1.41. The number of carbonyl (C=O) groups is 4. The van der Waals surface area contributed by atoms with Gasteiger partial charge in [-0.15, -0.1) is 0 Å². The second kappa shape index (κ2) is 11.0. The van der Waals surface area contributed by atoms with Crippen LogP contribution in [0.15, 0.2) is 12.1 Å². The van der Waals surface area contributed by atoms with Crippen LogP contribution in [0.3, 0.4) is 0 Å². The highest BCUT2D eigenvalue weighted by molar-refractivity contribution is 5.90. The summed E-state index contributed by atoms with van der Waals surface area (Å²) in [6.07, 6.45) is -1.70. The van der Waals surface area contributed by atoms with E-state index in [1.807, 2.05) is 0 Å². The van der Waals surface area contributed by atoms with Crippen molar-refractivity contribution >= 4 is 35.9 Å². The normalized spacial score (nSPS) is 18.9. The van der Waals surface area contributed by atoms with Crippen molar-refractivity contribution in [3.8, 4) is 0 Å². The smallest absolute Gasteiger partial charge is 0.414 e. The van der Waals surface area contributed by atoms with Gasteiger partial charge in [0, 0.05) is 38.3 Å². The summed E-state index contributed by atoms with van der Waals surface area (Å²) in [5, 5.41) is 4.84. The molecule has 2 aliphatic heterocycles. The molecule has 34 heavy (non-hydrogen) atoms. The molecule has 2 unspecified atom stereocenters. The molecule has 2 saturated heterocycles. The molecule has 1 aromatic rings. The minimum Gasteiger partial charge on any atom is -0.450 e. The van der Waals surface area contributed by atoms with Gasteiger partial charge in [0.1, 0.15) is 17.8 Å².